The van der Waals surface area contributed by atoms with Crippen LogP contribution in [0.4, 0.5) is 4.79 Å². The van der Waals surface area contributed by atoms with E-state index in [9.17, 15) is 4.79 Å². The second kappa shape index (κ2) is 7.19. The molecule has 1 aromatic carbocycles. The van der Waals surface area contributed by atoms with Crippen LogP contribution in [0.25, 0.3) is 0 Å². The summed E-state index contributed by atoms with van der Waals surface area (Å²) in [7, 11) is 0. The van der Waals surface area contributed by atoms with Crippen molar-refractivity contribution in [1.82, 2.24) is 0 Å². The summed E-state index contributed by atoms with van der Waals surface area (Å²) in [6.45, 7) is -0.487. The van der Waals surface area contributed by atoms with Crippen LogP contribution in [-0.2, 0) is 9.57 Å². The minimum absolute atomic E-state index is 0.0774. The van der Waals surface area contributed by atoms with Crippen molar-refractivity contribution in [2.75, 3.05) is 6.61 Å². The quantitative estimate of drug-likeness (QED) is 0.281. The van der Waals surface area contributed by atoms with Crippen molar-refractivity contribution in [3.63, 3.8) is 0 Å². The van der Waals surface area contributed by atoms with Gasteiger partial charge in [-0.2, -0.15) is 5.26 Å². The molecule has 0 aliphatic heterocycles. The van der Waals surface area contributed by atoms with E-state index in [1.54, 1.807) is 36.4 Å². The first kappa shape index (κ1) is 15.6. The van der Waals surface area contributed by atoms with Crippen LogP contribution in [0.1, 0.15) is 5.56 Å². The van der Waals surface area contributed by atoms with Crippen molar-refractivity contribution in [3.05, 3.63) is 35.9 Å². The molecular formula is C11H7Cl3N2O3. The van der Waals surface area contributed by atoms with Crippen LogP contribution in [0.5, 0.6) is 0 Å². The summed E-state index contributed by atoms with van der Waals surface area (Å²) in [4.78, 5) is 15.5. The van der Waals surface area contributed by atoms with Gasteiger partial charge >= 0.3 is 6.16 Å². The Bertz CT molecular complexity index is 506. The zero-order valence-corrected chi connectivity index (χ0v) is 11.6. The topological polar surface area (TPSA) is 71.7 Å². The monoisotopic (exact) mass is 320 g/mol. The molecule has 0 aliphatic rings. The Hall–Kier alpha value is -1.48. The highest BCUT2D eigenvalue weighted by Crippen LogP contribution is 2.25. The second-order valence-electron chi connectivity index (χ2n) is 3.16. The first-order chi connectivity index (χ1) is 8.92. The molecule has 0 aromatic heterocycles. The highest BCUT2D eigenvalue weighted by Gasteiger charge is 2.22. The van der Waals surface area contributed by atoms with Crippen LogP contribution >= 0.6 is 34.8 Å². The van der Waals surface area contributed by atoms with E-state index in [4.69, 9.17) is 40.1 Å². The molecule has 5 nitrogen and oxygen atoms in total. The van der Waals surface area contributed by atoms with Crippen molar-refractivity contribution in [2.45, 2.75) is 3.79 Å². The van der Waals surface area contributed by atoms with Crippen LogP contribution < -0.4 is 0 Å². The van der Waals surface area contributed by atoms with Crippen molar-refractivity contribution in [2.24, 2.45) is 5.16 Å². The molecule has 0 saturated carbocycles. The lowest BCUT2D eigenvalue weighted by molar-refractivity contribution is 0.0590. The molecule has 0 bridgehead atoms. The standard InChI is InChI=1S/C11H7Cl3N2O3/c12-11(13,14)7-18-10(17)19-16-9(6-15)8-4-2-1-3-5-8/h1-5H,7H2/b16-9-. The van der Waals surface area contributed by atoms with Gasteiger partial charge in [0.15, 0.2) is 5.71 Å². The summed E-state index contributed by atoms with van der Waals surface area (Å²) in [5, 5.41) is 12.2. The molecule has 1 rings (SSSR count). The highest BCUT2D eigenvalue weighted by molar-refractivity contribution is 6.67. The molecule has 0 heterocycles. The fourth-order valence-electron chi connectivity index (χ4n) is 0.984. The summed E-state index contributed by atoms with van der Waals surface area (Å²) >= 11 is 16.1. The summed E-state index contributed by atoms with van der Waals surface area (Å²) in [6, 6.07) is 10.3. The molecule has 8 heteroatoms. The van der Waals surface area contributed by atoms with Crippen LogP contribution in [0.15, 0.2) is 35.5 Å². The lowest BCUT2D eigenvalue weighted by Crippen LogP contribution is -2.17. The zero-order chi connectivity index (χ0) is 14.3. The maximum absolute atomic E-state index is 11.1. The molecule has 1 aromatic rings. The van der Waals surface area contributed by atoms with E-state index < -0.39 is 16.6 Å². The average Bonchev–Trinajstić information content (AvgIpc) is 2.37. The van der Waals surface area contributed by atoms with Gasteiger partial charge in [0, 0.05) is 5.56 Å². The van der Waals surface area contributed by atoms with E-state index in [1.807, 2.05) is 0 Å². The zero-order valence-electron chi connectivity index (χ0n) is 9.35. The Balaban J connectivity index is 2.60. The Morgan fingerprint density at radius 2 is 1.95 bits per heavy atom. The van der Waals surface area contributed by atoms with Gasteiger partial charge in [-0.25, -0.2) is 4.79 Å². The smallest absolute Gasteiger partial charge is 0.428 e. The molecule has 0 atom stereocenters. The van der Waals surface area contributed by atoms with Gasteiger partial charge in [0.25, 0.3) is 0 Å². The largest absolute Gasteiger partial charge is 0.535 e. The number of carbonyl (C=O) groups excluding carboxylic acids is 1. The fraction of sp³-hybridized carbons (Fsp3) is 0.182. The number of rotatable bonds is 3. The summed E-state index contributed by atoms with van der Waals surface area (Å²) in [5.74, 6) is 0. The predicted octanol–water partition coefficient (Wildman–Crippen LogP) is 3.44. The van der Waals surface area contributed by atoms with Crippen molar-refractivity contribution in [1.29, 1.82) is 5.26 Å². The summed E-state index contributed by atoms with van der Waals surface area (Å²) < 4.78 is 2.73. The van der Waals surface area contributed by atoms with Crippen LogP contribution in [-0.4, -0.2) is 22.3 Å². The van der Waals surface area contributed by atoms with E-state index in [0.717, 1.165) is 0 Å². The third-order valence-electron chi connectivity index (χ3n) is 1.72. The molecular weight excluding hydrogens is 314 g/mol. The molecule has 19 heavy (non-hydrogen) atoms. The number of ether oxygens (including phenoxy) is 1. The minimum Gasteiger partial charge on any atom is -0.428 e. The van der Waals surface area contributed by atoms with Gasteiger partial charge in [-0.15, -0.1) is 0 Å². The third-order valence-corrected chi connectivity index (χ3v) is 2.05. The third kappa shape index (κ3) is 6.30. The molecule has 0 amide bonds. The van der Waals surface area contributed by atoms with Crippen LogP contribution in [0, 0.1) is 11.3 Å². The van der Waals surface area contributed by atoms with Gasteiger partial charge in [0.2, 0.25) is 3.79 Å². The first-order valence-electron chi connectivity index (χ1n) is 4.86. The normalized spacial score (nSPS) is 11.6. The fourth-order valence-corrected chi connectivity index (χ4v) is 1.15. The van der Waals surface area contributed by atoms with Crippen molar-refractivity contribution >= 4 is 46.7 Å². The predicted molar refractivity (Wildman–Crippen MR) is 71.3 cm³/mol. The van der Waals surface area contributed by atoms with E-state index in [1.165, 1.54) is 0 Å². The molecule has 0 aliphatic carbocycles. The maximum atomic E-state index is 11.1. The van der Waals surface area contributed by atoms with Gasteiger partial charge in [-0.3, -0.25) is 4.84 Å². The number of nitriles is 1. The van der Waals surface area contributed by atoms with Gasteiger partial charge in [0.05, 0.1) is 0 Å². The highest BCUT2D eigenvalue weighted by atomic mass is 35.6. The van der Waals surface area contributed by atoms with Gasteiger partial charge in [-0.05, 0) is 0 Å². The minimum atomic E-state index is -1.74. The number of carbonyl (C=O) groups is 1. The molecule has 0 N–H and O–H groups in total. The van der Waals surface area contributed by atoms with E-state index in [0.29, 0.717) is 5.56 Å². The number of oxime groups is 1. The van der Waals surface area contributed by atoms with Crippen molar-refractivity contribution in [3.8, 4) is 6.07 Å². The number of alkyl halides is 3. The Kier molecular flexibility index (Phi) is 5.90. The number of hydrogen-bond donors (Lipinski definition) is 0. The number of nitrogens with zero attached hydrogens (tertiary/aromatic N) is 2. The summed E-state index contributed by atoms with van der Waals surface area (Å²) in [6.07, 6.45) is -1.17. The SMILES string of the molecule is N#C/C(=N/OC(=O)OCC(Cl)(Cl)Cl)c1ccccc1. The molecule has 0 saturated heterocycles. The van der Waals surface area contributed by atoms with Crippen molar-refractivity contribution < 1.29 is 14.4 Å². The second-order valence-corrected chi connectivity index (χ2v) is 5.68. The van der Waals surface area contributed by atoms with Gasteiger partial charge in [-0.1, -0.05) is 70.3 Å². The number of benzene rings is 1. The molecule has 0 unspecified atom stereocenters. The van der Waals surface area contributed by atoms with Gasteiger partial charge in [0.1, 0.15) is 12.7 Å². The van der Waals surface area contributed by atoms with E-state index in [-0.39, 0.29) is 5.71 Å². The lowest BCUT2D eigenvalue weighted by atomic mass is 10.1. The first-order valence-corrected chi connectivity index (χ1v) is 6.00. The molecule has 0 radical (unpaired) electrons. The Morgan fingerprint density at radius 1 is 1.32 bits per heavy atom. The average molecular weight is 322 g/mol. The number of halogens is 3. The maximum Gasteiger partial charge on any atom is 0.535 e. The molecule has 100 valence electrons. The van der Waals surface area contributed by atoms with Gasteiger partial charge < -0.3 is 4.74 Å². The van der Waals surface area contributed by atoms with Crippen LogP contribution in [0.2, 0.25) is 0 Å². The Morgan fingerprint density at radius 3 is 2.47 bits per heavy atom. The summed E-state index contributed by atoms with van der Waals surface area (Å²) in [5.41, 5.74) is 0.422. The van der Waals surface area contributed by atoms with E-state index in [2.05, 4.69) is 14.7 Å². The molecule has 0 fully saturated rings. The van der Waals surface area contributed by atoms with E-state index >= 15 is 0 Å². The van der Waals surface area contributed by atoms with Crippen LogP contribution in [0.3, 0.4) is 0 Å². The molecule has 0 spiro atoms. The number of hydrogen-bond acceptors (Lipinski definition) is 5. The Labute approximate surface area is 124 Å². The lowest BCUT2D eigenvalue weighted by Gasteiger charge is -2.09.